The molecule has 0 saturated heterocycles. The van der Waals surface area contributed by atoms with Crippen LogP contribution < -0.4 is 11.1 Å². The number of para-hydroxylation sites is 1. The molecule has 0 aromatic heterocycles. The Labute approximate surface area is 115 Å². The van der Waals surface area contributed by atoms with Gasteiger partial charge < -0.3 is 11.1 Å². The van der Waals surface area contributed by atoms with Crippen LogP contribution in [0.5, 0.6) is 0 Å². The Kier molecular flexibility index (Phi) is 2.82. The number of aliphatic imine (C=N–C) groups is 1. The molecule has 98 valence electrons. The Bertz CT molecular complexity index is 633. The SMILES string of the molecule is CC1C(F)=C(Cl)C=C2N=C(N)c3ccccc3NC21. The lowest BCUT2D eigenvalue weighted by Gasteiger charge is -2.27. The quantitative estimate of drug-likeness (QED) is 0.765. The van der Waals surface area contributed by atoms with E-state index in [4.69, 9.17) is 17.3 Å². The van der Waals surface area contributed by atoms with Crippen molar-refractivity contribution in [3.63, 3.8) is 0 Å². The van der Waals surface area contributed by atoms with E-state index in [-0.39, 0.29) is 22.8 Å². The lowest BCUT2D eigenvalue weighted by atomic mass is 9.92. The van der Waals surface area contributed by atoms with E-state index in [1.807, 2.05) is 24.3 Å². The summed E-state index contributed by atoms with van der Waals surface area (Å²) in [7, 11) is 0. The Morgan fingerprint density at radius 2 is 2.11 bits per heavy atom. The molecule has 1 heterocycles. The summed E-state index contributed by atoms with van der Waals surface area (Å²) in [4.78, 5) is 4.38. The van der Waals surface area contributed by atoms with Crippen molar-refractivity contribution in [1.82, 2.24) is 0 Å². The number of halogens is 2. The highest BCUT2D eigenvalue weighted by Crippen LogP contribution is 2.36. The first-order valence-electron chi connectivity index (χ1n) is 6.05. The summed E-state index contributed by atoms with van der Waals surface area (Å²) in [5.74, 6) is -0.290. The van der Waals surface area contributed by atoms with Gasteiger partial charge in [-0.05, 0) is 18.2 Å². The first-order valence-corrected chi connectivity index (χ1v) is 6.42. The number of hydrogen-bond donors (Lipinski definition) is 2. The van der Waals surface area contributed by atoms with Crippen LogP contribution in [0.4, 0.5) is 10.1 Å². The third-order valence-corrected chi connectivity index (χ3v) is 3.77. The second-order valence-electron chi connectivity index (χ2n) is 4.72. The predicted molar refractivity (Wildman–Crippen MR) is 75.8 cm³/mol. The van der Waals surface area contributed by atoms with Crippen LogP contribution in [-0.2, 0) is 0 Å². The summed E-state index contributed by atoms with van der Waals surface area (Å²) in [5.41, 5.74) is 8.33. The van der Waals surface area contributed by atoms with Crippen molar-refractivity contribution in [2.75, 3.05) is 5.32 Å². The number of nitrogens with one attached hydrogen (secondary N) is 1. The molecule has 3 rings (SSSR count). The first kappa shape index (κ1) is 12.2. The zero-order valence-corrected chi connectivity index (χ0v) is 11.1. The third kappa shape index (κ3) is 1.92. The van der Waals surface area contributed by atoms with Gasteiger partial charge in [0.25, 0.3) is 0 Å². The summed E-state index contributed by atoms with van der Waals surface area (Å²) in [5, 5.41) is 3.40. The van der Waals surface area contributed by atoms with Gasteiger partial charge in [-0.1, -0.05) is 30.7 Å². The second kappa shape index (κ2) is 4.38. The lowest BCUT2D eigenvalue weighted by Crippen LogP contribution is -2.31. The van der Waals surface area contributed by atoms with Gasteiger partial charge in [0.05, 0.1) is 16.8 Å². The molecular formula is C14H13ClFN3. The molecule has 1 aliphatic heterocycles. The van der Waals surface area contributed by atoms with Crippen molar-refractivity contribution in [3.05, 3.63) is 52.5 Å². The molecule has 0 radical (unpaired) electrons. The number of rotatable bonds is 0. The van der Waals surface area contributed by atoms with Crippen molar-refractivity contribution < 1.29 is 4.39 Å². The number of amidine groups is 1. The van der Waals surface area contributed by atoms with E-state index in [0.29, 0.717) is 11.5 Å². The fraction of sp³-hybridized carbons (Fsp3) is 0.214. The molecule has 5 heteroatoms. The average Bonchev–Trinajstić information content (AvgIpc) is 2.54. The van der Waals surface area contributed by atoms with Crippen LogP contribution in [0.3, 0.4) is 0 Å². The fourth-order valence-corrected chi connectivity index (χ4v) is 2.69. The zero-order valence-electron chi connectivity index (χ0n) is 10.3. The summed E-state index contributed by atoms with van der Waals surface area (Å²) in [6.07, 6.45) is 1.54. The third-order valence-electron chi connectivity index (χ3n) is 3.48. The van der Waals surface area contributed by atoms with Gasteiger partial charge in [0, 0.05) is 17.2 Å². The van der Waals surface area contributed by atoms with Gasteiger partial charge in [-0.15, -0.1) is 0 Å². The summed E-state index contributed by atoms with van der Waals surface area (Å²) < 4.78 is 13.9. The Balaban J connectivity index is 2.15. The molecule has 1 aromatic carbocycles. The number of benzene rings is 1. The highest BCUT2D eigenvalue weighted by atomic mass is 35.5. The molecular weight excluding hydrogens is 265 g/mol. The van der Waals surface area contributed by atoms with E-state index in [9.17, 15) is 4.39 Å². The van der Waals surface area contributed by atoms with Crippen LogP contribution in [0.25, 0.3) is 0 Å². The minimum atomic E-state index is -0.379. The number of nitrogens with zero attached hydrogens (tertiary/aromatic N) is 1. The number of anilines is 1. The molecule has 0 spiro atoms. The van der Waals surface area contributed by atoms with Crippen LogP contribution in [0.15, 0.2) is 51.9 Å². The molecule has 1 aromatic rings. The molecule has 19 heavy (non-hydrogen) atoms. The predicted octanol–water partition coefficient (Wildman–Crippen LogP) is 3.14. The summed E-state index contributed by atoms with van der Waals surface area (Å²) in [6, 6.07) is 7.33. The molecule has 0 bridgehead atoms. The zero-order chi connectivity index (χ0) is 13.6. The Hall–Kier alpha value is -1.81. The van der Waals surface area contributed by atoms with Gasteiger partial charge in [0.2, 0.25) is 0 Å². The number of fused-ring (bicyclic) bond motifs is 2. The molecule has 2 aliphatic rings. The van der Waals surface area contributed by atoms with Gasteiger partial charge in [-0.3, -0.25) is 0 Å². The highest BCUT2D eigenvalue weighted by molar-refractivity contribution is 6.31. The fourth-order valence-electron chi connectivity index (χ4n) is 2.41. The van der Waals surface area contributed by atoms with Gasteiger partial charge in [0.15, 0.2) is 0 Å². The normalized spacial score (nSPS) is 25.6. The smallest absolute Gasteiger partial charge is 0.133 e. The minimum Gasteiger partial charge on any atom is -0.383 e. The molecule has 3 N–H and O–H groups in total. The lowest BCUT2D eigenvalue weighted by molar-refractivity contribution is 0.454. The monoisotopic (exact) mass is 277 g/mol. The van der Waals surface area contributed by atoms with Crippen LogP contribution in [0, 0.1) is 5.92 Å². The molecule has 1 aliphatic carbocycles. The Morgan fingerprint density at radius 1 is 1.37 bits per heavy atom. The van der Waals surface area contributed by atoms with E-state index >= 15 is 0 Å². The highest BCUT2D eigenvalue weighted by Gasteiger charge is 2.32. The van der Waals surface area contributed by atoms with E-state index in [2.05, 4.69) is 10.3 Å². The van der Waals surface area contributed by atoms with Gasteiger partial charge >= 0.3 is 0 Å². The van der Waals surface area contributed by atoms with Crippen molar-refractivity contribution >= 4 is 23.1 Å². The van der Waals surface area contributed by atoms with Crippen molar-refractivity contribution in [2.45, 2.75) is 13.0 Å². The topological polar surface area (TPSA) is 50.4 Å². The van der Waals surface area contributed by atoms with Crippen molar-refractivity contribution in [1.29, 1.82) is 0 Å². The molecule has 2 atom stereocenters. The summed E-state index contributed by atoms with van der Waals surface area (Å²) >= 11 is 5.88. The van der Waals surface area contributed by atoms with Gasteiger partial charge in [-0.25, -0.2) is 9.38 Å². The number of allylic oxidation sites excluding steroid dienone is 2. The van der Waals surface area contributed by atoms with Crippen molar-refractivity contribution in [2.24, 2.45) is 16.6 Å². The van der Waals surface area contributed by atoms with E-state index in [1.165, 1.54) is 6.08 Å². The molecule has 2 unspecified atom stereocenters. The molecule has 3 nitrogen and oxygen atoms in total. The molecule has 0 fully saturated rings. The Morgan fingerprint density at radius 3 is 2.89 bits per heavy atom. The van der Waals surface area contributed by atoms with Crippen LogP contribution in [-0.4, -0.2) is 11.9 Å². The maximum atomic E-state index is 13.9. The van der Waals surface area contributed by atoms with Crippen LogP contribution >= 0.6 is 11.6 Å². The maximum absolute atomic E-state index is 13.9. The average molecular weight is 278 g/mol. The van der Waals surface area contributed by atoms with E-state index < -0.39 is 0 Å². The molecule has 0 amide bonds. The minimum absolute atomic E-state index is 0.100. The van der Waals surface area contributed by atoms with Gasteiger partial charge in [-0.2, -0.15) is 0 Å². The number of hydrogen-bond acceptors (Lipinski definition) is 3. The molecule has 0 saturated carbocycles. The van der Waals surface area contributed by atoms with E-state index in [1.54, 1.807) is 6.92 Å². The number of nitrogens with two attached hydrogens (primary N) is 1. The maximum Gasteiger partial charge on any atom is 0.133 e. The van der Waals surface area contributed by atoms with Crippen LogP contribution in [0.1, 0.15) is 12.5 Å². The van der Waals surface area contributed by atoms with Gasteiger partial charge in [0.1, 0.15) is 11.7 Å². The van der Waals surface area contributed by atoms with Crippen molar-refractivity contribution in [3.8, 4) is 0 Å². The standard InChI is InChI=1S/C14H13ClFN3/c1-7-12(16)9(15)6-11-13(7)18-10-5-3-2-4-8(10)14(17)19-11/h2-7,13,18H,1H3,(H2,17,19). The first-order chi connectivity index (χ1) is 9.08. The van der Waals surface area contributed by atoms with E-state index in [0.717, 1.165) is 11.3 Å². The second-order valence-corrected chi connectivity index (χ2v) is 5.13. The largest absolute Gasteiger partial charge is 0.383 e. The van der Waals surface area contributed by atoms with Crippen LogP contribution in [0.2, 0.25) is 0 Å². The summed E-state index contributed by atoms with van der Waals surface area (Å²) in [6.45, 7) is 1.78.